The molecule has 112 valence electrons. The minimum atomic E-state index is -0.106. The zero-order valence-corrected chi connectivity index (χ0v) is 12.8. The first-order valence-corrected chi connectivity index (χ1v) is 7.91. The Morgan fingerprint density at radius 3 is 2.95 bits per heavy atom. The van der Waals surface area contributed by atoms with Gasteiger partial charge in [0.1, 0.15) is 11.4 Å². The molecule has 1 saturated carbocycles. The third-order valence-electron chi connectivity index (χ3n) is 4.73. The third kappa shape index (κ3) is 2.27. The van der Waals surface area contributed by atoms with Crippen LogP contribution < -0.4 is 10.5 Å². The van der Waals surface area contributed by atoms with Crippen LogP contribution in [-0.4, -0.2) is 29.6 Å². The quantitative estimate of drug-likeness (QED) is 0.928. The molecule has 0 bridgehead atoms. The highest BCUT2D eigenvalue weighted by Crippen LogP contribution is 2.43. The van der Waals surface area contributed by atoms with E-state index < -0.39 is 0 Å². The normalized spacial score (nSPS) is 26.5. The standard InChI is InChI=1S/C17H23N3O/c1-17(2)8-12-4-3-5-13(15(12)21-17)14-9-19-16(18)20(14)10-11-6-7-11/h3-5,11,14H,6-10H2,1-2H3,(H2,18,19). The molecule has 0 spiro atoms. The van der Waals surface area contributed by atoms with Crippen molar-refractivity contribution < 1.29 is 4.74 Å². The van der Waals surface area contributed by atoms with Crippen molar-refractivity contribution >= 4 is 5.96 Å². The molecule has 4 rings (SSSR count). The molecule has 1 atom stereocenters. The summed E-state index contributed by atoms with van der Waals surface area (Å²) in [4.78, 5) is 6.76. The summed E-state index contributed by atoms with van der Waals surface area (Å²) in [6.07, 6.45) is 3.63. The van der Waals surface area contributed by atoms with E-state index in [4.69, 9.17) is 10.5 Å². The van der Waals surface area contributed by atoms with Crippen LogP contribution >= 0.6 is 0 Å². The molecule has 21 heavy (non-hydrogen) atoms. The number of para-hydroxylation sites is 1. The van der Waals surface area contributed by atoms with E-state index in [0.717, 1.165) is 31.2 Å². The number of hydrogen-bond acceptors (Lipinski definition) is 4. The molecule has 1 aliphatic carbocycles. The zero-order chi connectivity index (χ0) is 14.6. The molecule has 4 nitrogen and oxygen atoms in total. The predicted molar refractivity (Wildman–Crippen MR) is 83.5 cm³/mol. The molecule has 1 unspecified atom stereocenters. The maximum absolute atomic E-state index is 6.22. The molecule has 2 N–H and O–H groups in total. The second-order valence-corrected chi connectivity index (χ2v) is 7.18. The lowest BCUT2D eigenvalue weighted by Gasteiger charge is -2.28. The van der Waals surface area contributed by atoms with E-state index in [1.54, 1.807) is 0 Å². The first-order chi connectivity index (χ1) is 10.0. The van der Waals surface area contributed by atoms with Crippen LogP contribution in [0, 0.1) is 5.92 Å². The largest absolute Gasteiger partial charge is 0.487 e. The van der Waals surface area contributed by atoms with Crippen LogP contribution in [0.2, 0.25) is 0 Å². The molecular weight excluding hydrogens is 262 g/mol. The van der Waals surface area contributed by atoms with Crippen molar-refractivity contribution in [3.05, 3.63) is 29.3 Å². The van der Waals surface area contributed by atoms with Gasteiger partial charge in [-0.25, -0.2) is 0 Å². The average Bonchev–Trinajstić information content (AvgIpc) is 3.08. The molecule has 0 aromatic heterocycles. The number of fused-ring (bicyclic) bond motifs is 1. The highest BCUT2D eigenvalue weighted by Gasteiger charge is 2.38. The lowest BCUT2D eigenvalue weighted by atomic mass is 9.98. The van der Waals surface area contributed by atoms with E-state index in [2.05, 4.69) is 41.9 Å². The van der Waals surface area contributed by atoms with Crippen molar-refractivity contribution in [2.45, 2.75) is 44.8 Å². The first-order valence-electron chi connectivity index (χ1n) is 7.91. The van der Waals surface area contributed by atoms with E-state index in [9.17, 15) is 0 Å². The van der Waals surface area contributed by atoms with Crippen molar-refractivity contribution in [2.75, 3.05) is 13.1 Å². The average molecular weight is 285 g/mol. The summed E-state index contributed by atoms with van der Waals surface area (Å²) in [5.41, 5.74) is 8.58. The summed E-state index contributed by atoms with van der Waals surface area (Å²) in [6, 6.07) is 6.74. The van der Waals surface area contributed by atoms with Crippen molar-refractivity contribution in [3.63, 3.8) is 0 Å². The summed E-state index contributed by atoms with van der Waals surface area (Å²) < 4.78 is 6.22. The van der Waals surface area contributed by atoms with Gasteiger partial charge in [-0.15, -0.1) is 0 Å². The van der Waals surface area contributed by atoms with Crippen LogP contribution in [0.3, 0.4) is 0 Å². The Balaban J connectivity index is 1.66. The molecule has 1 fully saturated rings. The minimum absolute atomic E-state index is 0.106. The molecule has 0 amide bonds. The molecule has 2 heterocycles. The number of nitrogens with zero attached hydrogens (tertiary/aromatic N) is 2. The third-order valence-corrected chi connectivity index (χ3v) is 4.73. The van der Waals surface area contributed by atoms with Crippen LogP contribution in [0.25, 0.3) is 0 Å². The fourth-order valence-electron chi connectivity index (χ4n) is 3.50. The van der Waals surface area contributed by atoms with Gasteiger partial charge < -0.3 is 15.4 Å². The molecule has 2 aliphatic heterocycles. The lowest BCUT2D eigenvalue weighted by Crippen LogP contribution is -2.37. The Kier molecular flexibility index (Phi) is 2.72. The number of rotatable bonds is 3. The summed E-state index contributed by atoms with van der Waals surface area (Å²) >= 11 is 0. The van der Waals surface area contributed by atoms with Crippen molar-refractivity contribution in [2.24, 2.45) is 16.6 Å². The fourth-order valence-corrected chi connectivity index (χ4v) is 3.50. The highest BCUT2D eigenvalue weighted by molar-refractivity contribution is 5.80. The summed E-state index contributed by atoms with van der Waals surface area (Å²) in [6.45, 7) is 6.09. The smallest absolute Gasteiger partial charge is 0.191 e. The van der Waals surface area contributed by atoms with Gasteiger partial charge in [0, 0.05) is 18.5 Å². The lowest BCUT2D eigenvalue weighted by molar-refractivity contribution is 0.135. The summed E-state index contributed by atoms with van der Waals surface area (Å²) in [5, 5.41) is 0. The van der Waals surface area contributed by atoms with Crippen molar-refractivity contribution in [1.29, 1.82) is 0 Å². The Morgan fingerprint density at radius 2 is 2.19 bits per heavy atom. The van der Waals surface area contributed by atoms with Gasteiger partial charge in [-0.3, -0.25) is 4.99 Å². The molecule has 3 aliphatic rings. The Bertz CT molecular complexity index is 604. The van der Waals surface area contributed by atoms with Crippen LogP contribution in [0.15, 0.2) is 23.2 Å². The van der Waals surface area contributed by atoms with E-state index >= 15 is 0 Å². The number of guanidine groups is 1. The maximum atomic E-state index is 6.22. The minimum Gasteiger partial charge on any atom is -0.487 e. The van der Waals surface area contributed by atoms with Crippen LogP contribution in [0.5, 0.6) is 5.75 Å². The van der Waals surface area contributed by atoms with Gasteiger partial charge in [0.05, 0.1) is 12.6 Å². The van der Waals surface area contributed by atoms with Gasteiger partial charge in [-0.1, -0.05) is 18.2 Å². The molecule has 0 radical (unpaired) electrons. The van der Waals surface area contributed by atoms with Gasteiger partial charge >= 0.3 is 0 Å². The van der Waals surface area contributed by atoms with Gasteiger partial charge in [-0.2, -0.15) is 0 Å². The Morgan fingerprint density at radius 1 is 1.38 bits per heavy atom. The molecular formula is C17H23N3O. The predicted octanol–water partition coefficient (Wildman–Crippen LogP) is 2.48. The van der Waals surface area contributed by atoms with Crippen LogP contribution in [0.4, 0.5) is 0 Å². The SMILES string of the molecule is CC1(C)Cc2cccc(C3CN=C(N)N3CC3CC3)c2O1. The van der Waals surface area contributed by atoms with Gasteiger partial charge in [-0.05, 0) is 38.2 Å². The van der Waals surface area contributed by atoms with Crippen LogP contribution in [-0.2, 0) is 6.42 Å². The Labute approximate surface area is 126 Å². The van der Waals surface area contributed by atoms with E-state index in [1.165, 1.54) is 24.0 Å². The van der Waals surface area contributed by atoms with Gasteiger partial charge in [0.2, 0.25) is 0 Å². The van der Waals surface area contributed by atoms with Gasteiger partial charge in [0.15, 0.2) is 5.96 Å². The van der Waals surface area contributed by atoms with E-state index in [0.29, 0.717) is 5.96 Å². The molecule has 4 heteroatoms. The second-order valence-electron chi connectivity index (χ2n) is 7.18. The van der Waals surface area contributed by atoms with Crippen molar-refractivity contribution in [1.82, 2.24) is 4.90 Å². The number of benzene rings is 1. The molecule has 1 aromatic rings. The monoisotopic (exact) mass is 285 g/mol. The summed E-state index contributed by atoms with van der Waals surface area (Å²) in [5.74, 6) is 2.56. The number of aliphatic imine (C=N–C) groups is 1. The maximum Gasteiger partial charge on any atom is 0.191 e. The van der Waals surface area contributed by atoms with E-state index in [1.807, 2.05) is 0 Å². The van der Waals surface area contributed by atoms with Gasteiger partial charge in [0.25, 0.3) is 0 Å². The highest BCUT2D eigenvalue weighted by atomic mass is 16.5. The Hall–Kier alpha value is -1.71. The van der Waals surface area contributed by atoms with Crippen molar-refractivity contribution in [3.8, 4) is 5.75 Å². The fraction of sp³-hybridized carbons (Fsp3) is 0.588. The van der Waals surface area contributed by atoms with Crippen LogP contribution in [0.1, 0.15) is 43.9 Å². The second kappa shape index (κ2) is 4.39. The molecule has 1 aromatic carbocycles. The van der Waals surface area contributed by atoms with E-state index in [-0.39, 0.29) is 11.6 Å². The summed E-state index contributed by atoms with van der Waals surface area (Å²) in [7, 11) is 0. The first kappa shape index (κ1) is 13.0. The topological polar surface area (TPSA) is 50.8 Å². The zero-order valence-electron chi connectivity index (χ0n) is 12.8. The number of nitrogens with two attached hydrogens (primary N) is 1. The number of hydrogen-bond donors (Lipinski definition) is 1. The number of ether oxygens (including phenoxy) is 1. The molecule has 0 saturated heterocycles.